The molecule has 0 saturated carbocycles. The molecule has 172 valence electrons. The van der Waals surface area contributed by atoms with Crippen LogP contribution in [0.2, 0.25) is 23.2 Å². The molecule has 0 fully saturated rings. The fourth-order valence-corrected chi connectivity index (χ4v) is 9.56. The Labute approximate surface area is 192 Å². The van der Waals surface area contributed by atoms with Gasteiger partial charge in [-0.05, 0) is 46.5 Å². The van der Waals surface area contributed by atoms with Crippen molar-refractivity contribution in [2.24, 2.45) is 5.73 Å². The van der Waals surface area contributed by atoms with Crippen LogP contribution in [0.4, 0.5) is 0 Å². The molecule has 2 rings (SSSR count). The van der Waals surface area contributed by atoms with Crippen LogP contribution in [0.25, 0.3) is 0 Å². The Kier molecular flexibility index (Phi) is 8.50. The minimum Gasteiger partial charge on any atom is -0.414 e. The van der Waals surface area contributed by atoms with E-state index in [1.54, 1.807) is 0 Å². The van der Waals surface area contributed by atoms with Crippen molar-refractivity contribution in [2.75, 3.05) is 13.2 Å². The molecule has 0 aliphatic rings. The maximum absolute atomic E-state index is 7.28. The highest BCUT2D eigenvalue weighted by molar-refractivity contribution is 6.99. The molecule has 0 amide bonds. The highest BCUT2D eigenvalue weighted by Gasteiger charge is 2.51. The number of hydrogen-bond donors (Lipinski definition) is 1. The topological polar surface area (TPSA) is 44.5 Å². The molecule has 0 saturated heterocycles. The van der Waals surface area contributed by atoms with Crippen molar-refractivity contribution in [1.29, 1.82) is 0 Å². The van der Waals surface area contributed by atoms with E-state index >= 15 is 0 Å². The van der Waals surface area contributed by atoms with Crippen molar-refractivity contribution in [2.45, 2.75) is 77.2 Å². The van der Waals surface area contributed by atoms with Gasteiger partial charge in [-0.1, -0.05) is 102 Å². The lowest BCUT2D eigenvalue weighted by Gasteiger charge is -2.46. The molecule has 0 radical (unpaired) electrons. The van der Waals surface area contributed by atoms with Gasteiger partial charge in [0.15, 0.2) is 8.32 Å². The lowest BCUT2D eigenvalue weighted by atomic mass is 10.2. The average molecular weight is 458 g/mol. The van der Waals surface area contributed by atoms with Gasteiger partial charge < -0.3 is 14.6 Å². The highest BCUT2D eigenvalue weighted by Crippen LogP contribution is 2.39. The molecule has 0 aromatic heterocycles. The van der Waals surface area contributed by atoms with Crippen LogP contribution >= 0.6 is 0 Å². The Morgan fingerprint density at radius 2 is 1.23 bits per heavy atom. The molecule has 1 atom stereocenters. The normalized spacial score (nSPS) is 14.5. The summed E-state index contributed by atoms with van der Waals surface area (Å²) in [7, 11) is -4.49. The van der Waals surface area contributed by atoms with Crippen LogP contribution in [0.1, 0.15) is 48.0 Å². The molecular weight excluding hydrogens is 414 g/mol. The van der Waals surface area contributed by atoms with Crippen molar-refractivity contribution in [1.82, 2.24) is 0 Å². The molecule has 0 spiro atoms. The standard InChI is InChI=1S/C26H43NO2Si2/c1-25(2,3)30(7,8)28-21-22(19-20-27)29-31(26(4,5)6,23-15-11-9-12-16-23)24-17-13-10-14-18-24/h9-18,22H,19-21,27H2,1-8H3/t22-/m0/s1. The quantitative estimate of drug-likeness (QED) is 0.520. The third-order valence-corrected chi connectivity index (χ3v) is 16.3. The van der Waals surface area contributed by atoms with Gasteiger partial charge in [-0.15, -0.1) is 0 Å². The number of hydrogen-bond acceptors (Lipinski definition) is 3. The van der Waals surface area contributed by atoms with Crippen LogP contribution in [0, 0.1) is 0 Å². The smallest absolute Gasteiger partial charge is 0.261 e. The highest BCUT2D eigenvalue weighted by atomic mass is 28.4. The lowest BCUT2D eigenvalue weighted by molar-refractivity contribution is 0.106. The summed E-state index contributed by atoms with van der Waals surface area (Å²) >= 11 is 0. The minimum atomic E-state index is -2.61. The molecule has 2 aromatic rings. The molecule has 0 heterocycles. The van der Waals surface area contributed by atoms with Crippen LogP contribution in [0.15, 0.2) is 60.7 Å². The lowest BCUT2D eigenvalue weighted by Crippen LogP contribution is -2.68. The van der Waals surface area contributed by atoms with Crippen LogP contribution < -0.4 is 16.1 Å². The third kappa shape index (κ3) is 5.96. The van der Waals surface area contributed by atoms with Gasteiger partial charge in [-0.2, -0.15) is 0 Å². The summed E-state index contributed by atoms with van der Waals surface area (Å²) in [5.74, 6) is 0. The Morgan fingerprint density at radius 3 is 1.58 bits per heavy atom. The zero-order chi connectivity index (χ0) is 23.3. The van der Waals surface area contributed by atoms with E-state index in [0.717, 1.165) is 6.42 Å². The first-order valence-corrected chi connectivity index (χ1v) is 16.3. The van der Waals surface area contributed by atoms with E-state index in [-0.39, 0.29) is 16.2 Å². The average Bonchev–Trinajstić information content (AvgIpc) is 2.69. The summed E-state index contributed by atoms with van der Waals surface area (Å²) in [4.78, 5) is 0. The van der Waals surface area contributed by atoms with Crippen molar-refractivity contribution >= 4 is 27.0 Å². The van der Waals surface area contributed by atoms with Crippen molar-refractivity contribution in [3.8, 4) is 0 Å². The zero-order valence-corrected chi connectivity index (χ0v) is 22.9. The molecule has 5 heteroatoms. The van der Waals surface area contributed by atoms with Gasteiger partial charge in [0.25, 0.3) is 8.32 Å². The molecule has 0 bridgehead atoms. The maximum Gasteiger partial charge on any atom is 0.261 e. The van der Waals surface area contributed by atoms with E-state index in [1.165, 1.54) is 10.4 Å². The molecule has 3 nitrogen and oxygen atoms in total. The largest absolute Gasteiger partial charge is 0.414 e. The molecule has 0 aliphatic carbocycles. The number of nitrogens with two attached hydrogens (primary N) is 1. The Balaban J connectivity index is 2.52. The molecular formula is C26H43NO2Si2. The number of benzene rings is 2. The van der Waals surface area contributed by atoms with E-state index in [1.807, 2.05) is 0 Å². The predicted octanol–water partition coefficient (Wildman–Crippen LogP) is 5.30. The van der Waals surface area contributed by atoms with Gasteiger partial charge in [0.2, 0.25) is 0 Å². The van der Waals surface area contributed by atoms with E-state index in [2.05, 4.69) is 115 Å². The summed E-state index contributed by atoms with van der Waals surface area (Å²) in [6, 6.07) is 21.6. The summed E-state index contributed by atoms with van der Waals surface area (Å²) in [5, 5.41) is 2.70. The fourth-order valence-electron chi connectivity index (χ4n) is 3.82. The minimum absolute atomic E-state index is 0.0366. The van der Waals surface area contributed by atoms with Gasteiger partial charge in [0, 0.05) is 0 Å². The zero-order valence-electron chi connectivity index (χ0n) is 20.9. The maximum atomic E-state index is 7.28. The first-order chi connectivity index (χ1) is 14.3. The predicted molar refractivity (Wildman–Crippen MR) is 139 cm³/mol. The van der Waals surface area contributed by atoms with E-state index in [0.29, 0.717) is 13.2 Å². The summed E-state index contributed by atoms with van der Waals surface area (Å²) < 4.78 is 13.9. The molecule has 2 N–H and O–H groups in total. The van der Waals surface area contributed by atoms with Gasteiger partial charge in [-0.3, -0.25) is 0 Å². The van der Waals surface area contributed by atoms with E-state index in [4.69, 9.17) is 14.6 Å². The summed E-state index contributed by atoms with van der Waals surface area (Å²) in [6.07, 6.45) is 0.754. The van der Waals surface area contributed by atoms with E-state index < -0.39 is 16.6 Å². The van der Waals surface area contributed by atoms with Gasteiger partial charge in [0.1, 0.15) is 0 Å². The summed E-state index contributed by atoms with van der Waals surface area (Å²) in [6.45, 7) is 19.6. The van der Waals surface area contributed by atoms with Crippen molar-refractivity contribution in [3.05, 3.63) is 60.7 Å². The molecule has 0 unspecified atom stereocenters. The first-order valence-electron chi connectivity index (χ1n) is 11.5. The van der Waals surface area contributed by atoms with Crippen LogP contribution in [0.3, 0.4) is 0 Å². The third-order valence-electron chi connectivity index (χ3n) is 6.69. The Bertz CT molecular complexity index is 756. The molecule has 2 aromatic carbocycles. The van der Waals surface area contributed by atoms with Crippen molar-refractivity contribution in [3.63, 3.8) is 0 Å². The van der Waals surface area contributed by atoms with Crippen molar-refractivity contribution < 1.29 is 8.85 Å². The Hall–Kier alpha value is -1.25. The molecule has 0 aliphatic heterocycles. The van der Waals surface area contributed by atoms with Gasteiger partial charge in [0.05, 0.1) is 12.7 Å². The SMILES string of the molecule is CC(C)(C)[Si](C)(C)OC[C@H](CCN)O[Si](c1ccccc1)(c1ccccc1)C(C)(C)C. The van der Waals surface area contributed by atoms with Gasteiger partial charge in [-0.25, -0.2) is 0 Å². The fraction of sp³-hybridized carbons (Fsp3) is 0.538. The van der Waals surface area contributed by atoms with Crippen LogP contribution in [0.5, 0.6) is 0 Å². The van der Waals surface area contributed by atoms with E-state index in [9.17, 15) is 0 Å². The second kappa shape index (κ2) is 10.1. The van der Waals surface area contributed by atoms with Gasteiger partial charge >= 0.3 is 0 Å². The second-order valence-corrected chi connectivity index (χ2v) is 20.1. The summed E-state index contributed by atoms with van der Waals surface area (Å²) in [5.41, 5.74) is 6.05. The second-order valence-electron chi connectivity index (χ2n) is 11.1. The number of rotatable bonds is 9. The molecule has 31 heavy (non-hydrogen) atoms. The first kappa shape index (κ1) is 26.0. The van der Waals surface area contributed by atoms with Crippen LogP contribution in [-0.4, -0.2) is 35.9 Å². The Morgan fingerprint density at radius 1 is 0.774 bits per heavy atom. The monoisotopic (exact) mass is 457 g/mol. The van der Waals surface area contributed by atoms with Crippen LogP contribution in [-0.2, 0) is 8.85 Å².